The second-order valence-corrected chi connectivity index (χ2v) is 6.94. The van der Waals surface area contributed by atoms with E-state index in [1.165, 1.54) is 29.8 Å². The molecular weight excluding hydrogens is 344 g/mol. The molecular formula is C22H31ClN2O. The van der Waals surface area contributed by atoms with Crippen LogP contribution in [0, 0.1) is 13.8 Å². The number of piperazine rings is 1. The number of hydrogen-bond acceptors (Lipinski definition) is 3. The van der Waals surface area contributed by atoms with E-state index in [-0.39, 0.29) is 12.4 Å². The Morgan fingerprint density at radius 1 is 0.808 bits per heavy atom. The van der Waals surface area contributed by atoms with Crippen LogP contribution in [-0.4, -0.2) is 44.2 Å². The van der Waals surface area contributed by atoms with Crippen LogP contribution in [0.5, 0.6) is 5.75 Å². The van der Waals surface area contributed by atoms with Gasteiger partial charge in [0, 0.05) is 31.9 Å². The zero-order chi connectivity index (χ0) is 17.5. The second-order valence-electron chi connectivity index (χ2n) is 6.94. The number of nitrogens with zero attached hydrogens (tertiary/aromatic N) is 2. The van der Waals surface area contributed by atoms with Crippen LogP contribution in [0.4, 0.5) is 5.69 Å². The summed E-state index contributed by atoms with van der Waals surface area (Å²) in [6.07, 6.45) is 2.32. The molecule has 1 fully saturated rings. The van der Waals surface area contributed by atoms with Gasteiger partial charge in [-0.2, -0.15) is 0 Å². The highest BCUT2D eigenvalue weighted by Crippen LogP contribution is 2.22. The molecule has 0 unspecified atom stereocenters. The molecule has 0 spiro atoms. The van der Waals surface area contributed by atoms with Crippen molar-refractivity contribution in [3.05, 3.63) is 59.7 Å². The van der Waals surface area contributed by atoms with Crippen molar-refractivity contribution in [3.8, 4) is 5.75 Å². The van der Waals surface area contributed by atoms with E-state index in [9.17, 15) is 0 Å². The summed E-state index contributed by atoms with van der Waals surface area (Å²) in [5, 5.41) is 0. The molecule has 0 saturated carbocycles. The highest BCUT2D eigenvalue weighted by atomic mass is 35.5. The van der Waals surface area contributed by atoms with Crippen molar-refractivity contribution in [2.75, 3.05) is 44.2 Å². The fraction of sp³-hybridized carbons (Fsp3) is 0.455. The van der Waals surface area contributed by atoms with E-state index in [1.54, 1.807) is 0 Å². The third-order valence-corrected chi connectivity index (χ3v) is 5.02. The third kappa shape index (κ3) is 5.65. The SMILES string of the molecule is Cc1cccc(C)c1OCCCCN1CCN(c2ccccc2)CC1.Cl. The summed E-state index contributed by atoms with van der Waals surface area (Å²) in [6.45, 7) is 10.8. The lowest BCUT2D eigenvalue weighted by Crippen LogP contribution is -2.46. The zero-order valence-corrected chi connectivity index (χ0v) is 16.8. The van der Waals surface area contributed by atoms with Gasteiger partial charge >= 0.3 is 0 Å². The van der Waals surface area contributed by atoms with Gasteiger partial charge in [0.25, 0.3) is 0 Å². The maximum absolute atomic E-state index is 6.01. The number of aryl methyl sites for hydroxylation is 2. The first-order valence-electron chi connectivity index (χ1n) is 9.45. The predicted octanol–water partition coefficient (Wildman–Crippen LogP) is 4.71. The number of benzene rings is 2. The minimum Gasteiger partial charge on any atom is -0.493 e. The molecule has 142 valence electrons. The number of ether oxygens (including phenoxy) is 1. The van der Waals surface area contributed by atoms with Crippen LogP contribution in [0.15, 0.2) is 48.5 Å². The number of unbranched alkanes of at least 4 members (excludes halogenated alkanes) is 1. The van der Waals surface area contributed by atoms with Gasteiger partial charge in [-0.1, -0.05) is 36.4 Å². The zero-order valence-electron chi connectivity index (χ0n) is 16.0. The Hall–Kier alpha value is -1.71. The molecule has 0 amide bonds. The predicted molar refractivity (Wildman–Crippen MR) is 113 cm³/mol. The van der Waals surface area contributed by atoms with Crippen molar-refractivity contribution < 1.29 is 4.74 Å². The van der Waals surface area contributed by atoms with Crippen LogP contribution in [0.3, 0.4) is 0 Å². The summed E-state index contributed by atoms with van der Waals surface area (Å²) >= 11 is 0. The standard InChI is InChI=1S/C22H30N2O.ClH/c1-19-9-8-10-20(2)22(19)25-18-7-6-13-23-14-16-24(17-15-23)21-11-4-3-5-12-21;/h3-5,8-12H,6-7,13-18H2,1-2H3;1H. The summed E-state index contributed by atoms with van der Waals surface area (Å²) in [7, 11) is 0. The Balaban J connectivity index is 0.00000243. The molecule has 0 atom stereocenters. The minimum absolute atomic E-state index is 0. The molecule has 1 saturated heterocycles. The average Bonchev–Trinajstić information content (AvgIpc) is 2.65. The highest BCUT2D eigenvalue weighted by Gasteiger charge is 2.16. The van der Waals surface area contributed by atoms with Gasteiger partial charge < -0.3 is 9.64 Å². The normalized spacial score (nSPS) is 14.8. The van der Waals surface area contributed by atoms with Crippen LogP contribution >= 0.6 is 12.4 Å². The molecule has 2 aromatic carbocycles. The van der Waals surface area contributed by atoms with E-state index in [4.69, 9.17) is 4.74 Å². The quantitative estimate of drug-likeness (QED) is 0.653. The number of anilines is 1. The Labute approximate surface area is 164 Å². The summed E-state index contributed by atoms with van der Waals surface area (Å²) < 4.78 is 6.01. The molecule has 1 aliphatic rings. The maximum atomic E-state index is 6.01. The van der Waals surface area contributed by atoms with Crippen molar-refractivity contribution in [2.24, 2.45) is 0 Å². The van der Waals surface area contributed by atoms with Crippen LogP contribution in [-0.2, 0) is 0 Å². The molecule has 0 N–H and O–H groups in total. The van der Waals surface area contributed by atoms with E-state index < -0.39 is 0 Å². The van der Waals surface area contributed by atoms with Crippen LogP contribution in [0.2, 0.25) is 0 Å². The highest BCUT2D eigenvalue weighted by molar-refractivity contribution is 5.85. The van der Waals surface area contributed by atoms with Gasteiger partial charge in [-0.05, 0) is 56.5 Å². The number of para-hydroxylation sites is 2. The Kier molecular flexibility index (Phi) is 8.27. The van der Waals surface area contributed by atoms with E-state index in [0.717, 1.165) is 45.0 Å². The Morgan fingerprint density at radius 3 is 2.12 bits per heavy atom. The minimum atomic E-state index is 0. The summed E-state index contributed by atoms with van der Waals surface area (Å²) in [5.74, 6) is 1.07. The third-order valence-electron chi connectivity index (χ3n) is 5.02. The van der Waals surface area contributed by atoms with Crippen molar-refractivity contribution in [1.29, 1.82) is 0 Å². The molecule has 1 heterocycles. The Morgan fingerprint density at radius 2 is 1.46 bits per heavy atom. The van der Waals surface area contributed by atoms with Crippen molar-refractivity contribution in [2.45, 2.75) is 26.7 Å². The first kappa shape index (κ1) is 20.6. The van der Waals surface area contributed by atoms with E-state index in [2.05, 4.69) is 72.2 Å². The van der Waals surface area contributed by atoms with Crippen molar-refractivity contribution >= 4 is 18.1 Å². The van der Waals surface area contributed by atoms with Gasteiger partial charge in [0.15, 0.2) is 0 Å². The van der Waals surface area contributed by atoms with Crippen molar-refractivity contribution in [3.63, 3.8) is 0 Å². The van der Waals surface area contributed by atoms with Crippen LogP contribution < -0.4 is 9.64 Å². The summed E-state index contributed by atoms with van der Waals surface area (Å²) in [4.78, 5) is 5.07. The molecule has 0 aromatic heterocycles. The molecule has 0 aliphatic carbocycles. The average molecular weight is 375 g/mol. The van der Waals surface area contributed by atoms with Gasteiger partial charge in [-0.15, -0.1) is 12.4 Å². The topological polar surface area (TPSA) is 15.7 Å². The van der Waals surface area contributed by atoms with E-state index in [1.807, 2.05) is 0 Å². The lowest BCUT2D eigenvalue weighted by molar-refractivity contribution is 0.238. The van der Waals surface area contributed by atoms with Gasteiger partial charge in [-0.25, -0.2) is 0 Å². The molecule has 2 aromatic rings. The largest absolute Gasteiger partial charge is 0.493 e. The fourth-order valence-corrected chi connectivity index (χ4v) is 3.51. The Bertz CT molecular complexity index is 634. The van der Waals surface area contributed by atoms with E-state index in [0.29, 0.717) is 0 Å². The van der Waals surface area contributed by atoms with Gasteiger partial charge in [0.05, 0.1) is 6.61 Å². The molecule has 26 heavy (non-hydrogen) atoms. The summed E-state index contributed by atoms with van der Waals surface area (Å²) in [6, 6.07) is 17.1. The summed E-state index contributed by atoms with van der Waals surface area (Å²) in [5.41, 5.74) is 3.82. The number of rotatable bonds is 7. The van der Waals surface area contributed by atoms with Crippen molar-refractivity contribution in [1.82, 2.24) is 4.90 Å². The number of hydrogen-bond donors (Lipinski definition) is 0. The molecule has 3 nitrogen and oxygen atoms in total. The molecule has 1 aliphatic heterocycles. The monoisotopic (exact) mass is 374 g/mol. The number of halogens is 1. The van der Waals surface area contributed by atoms with Gasteiger partial charge in [0.2, 0.25) is 0 Å². The van der Waals surface area contributed by atoms with Crippen LogP contribution in [0.1, 0.15) is 24.0 Å². The van der Waals surface area contributed by atoms with Gasteiger partial charge in [0.1, 0.15) is 5.75 Å². The second kappa shape index (κ2) is 10.4. The maximum Gasteiger partial charge on any atom is 0.125 e. The molecule has 4 heteroatoms. The molecule has 0 bridgehead atoms. The van der Waals surface area contributed by atoms with E-state index >= 15 is 0 Å². The lowest BCUT2D eigenvalue weighted by Gasteiger charge is -2.36. The lowest BCUT2D eigenvalue weighted by atomic mass is 10.1. The smallest absolute Gasteiger partial charge is 0.125 e. The molecule has 0 radical (unpaired) electrons. The first-order chi connectivity index (χ1) is 12.2. The fourth-order valence-electron chi connectivity index (χ4n) is 3.51. The van der Waals surface area contributed by atoms with Crippen LogP contribution in [0.25, 0.3) is 0 Å². The van der Waals surface area contributed by atoms with Gasteiger partial charge in [-0.3, -0.25) is 4.90 Å². The first-order valence-corrected chi connectivity index (χ1v) is 9.45. The molecule has 3 rings (SSSR count).